The van der Waals surface area contributed by atoms with E-state index < -0.39 is 11.7 Å². The summed E-state index contributed by atoms with van der Waals surface area (Å²) in [5.74, 6) is 0.980. The smallest absolute Gasteiger partial charge is 0.378 e. The molecule has 2 aliphatic rings. The highest BCUT2D eigenvalue weighted by Crippen LogP contribution is 2.37. The number of carbonyl (C=O) groups is 1. The zero-order valence-electron chi connectivity index (χ0n) is 17.3. The Bertz CT molecular complexity index is 908. The number of hydrogen-bond acceptors (Lipinski definition) is 5. The van der Waals surface area contributed by atoms with E-state index in [2.05, 4.69) is 20.1 Å². The highest BCUT2D eigenvalue weighted by atomic mass is 32.2. The van der Waals surface area contributed by atoms with E-state index in [0.717, 1.165) is 62.2 Å². The second-order valence-electron chi connectivity index (χ2n) is 8.31. The monoisotopic (exact) mass is 452 g/mol. The minimum absolute atomic E-state index is 0.0791. The third-order valence-corrected chi connectivity index (χ3v) is 7.33. The van der Waals surface area contributed by atoms with E-state index >= 15 is 0 Å². The van der Waals surface area contributed by atoms with E-state index in [9.17, 15) is 18.0 Å². The summed E-state index contributed by atoms with van der Waals surface area (Å²) in [4.78, 5) is 12.3. The Morgan fingerprint density at radius 3 is 2.58 bits per heavy atom. The van der Waals surface area contributed by atoms with Gasteiger partial charge < -0.3 is 9.88 Å². The standard InChI is InChI=1S/C22H27F3N4OS/c23-22(24,25)15-7-6-8-16(13-15)26-14-20-27-28-21(29(20)17-9-2-1-3-10-17)31-19-12-5-4-11-18(19)30/h6-8,13,17,19,26H,1-5,9-12,14H2. The molecular weight excluding hydrogens is 425 g/mol. The maximum atomic E-state index is 13.0. The number of carbonyl (C=O) groups excluding carboxylic acids is 1. The molecule has 5 nitrogen and oxygen atoms in total. The normalized spacial score (nSPS) is 20.7. The molecule has 2 fully saturated rings. The average molecular weight is 453 g/mol. The number of alkyl halides is 3. The molecule has 9 heteroatoms. The number of halogens is 3. The van der Waals surface area contributed by atoms with Crippen molar-refractivity contribution in [2.75, 3.05) is 5.32 Å². The van der Waals surface area contributed by atoms with Crippen molar-refractivity contribution in [1.82, 2.24) is 14.8 Å². The number of benzene rings is 1. The Kier molecular flexibility index (Phi) is 6.89. The van der Waals surface area contributed by atoms with Gasteiger partial charge in [-0.05, 0) is 43.9 Å². The number of anilines is 1. The van der Waals surface area contributed by atoms with Crippen LogP contribution < -0.4 is 5.32 Å². The van der Waals surface area contributed by atoms with Gasteiger partial charge in [-0.2, -0.15) is 13.2 Å². The predicted molar refractivity (Wildman–Crippen MR) is 114 cm³/mol. The van der Waals surface area contributed by atoms with Crippen molar-refractivity contribution in [3.05, 3.63) is 35.7 Å². The Morgan fingerprint density at radius 1 is 1.06 bits per heavy atom. The van der Waals surface area contributed by atoms with E-state index in [0.29, 0.717) is 17.9 Å². The molecule has 1 aromatic heterocycles. The van der Waals surface area contributed by atoms with E-state index in [1.54, 1.807) is 6.07 Å². The number of nitrogens with zero attached hydrogens (tertiary/aromatic N) is 3. The molecule has 2 aromatic rings. The molecule has 1 heterocycles. The number of rotatable bonds is 6. The van der Waals surface area contributed by atoms with Gasteiger partial charge >= 0.3 is 6.18 Å². The number of ketones is 1. The van der Waals surface area contributed by atoms with Crippen molar-refractivity contribution >= 4 is 23.2 Å². The van der Waals surface area contributed by atoms with Crippen LogP contribution >= 0.6 is 11.8 Å². The van der Waals surface area contributed by atoms with Crippen LogP contribution in [0, 0.1) is 0 Å². The molecule has 4 rings (SSSR count). The minimum atomic E-state index is -4.38. The van der Waals surface area contributed by atoms with Gasteiger partial charge in [0, 0.05) is 18.2 Å². The van der Waals surface area contributed by atoms with Gasteiger partial charge in [-0.25, -0.2) is 0 Å². The molecule has 2 aliphatic carbocycles. The summed E-state index contributed by atoms with van der Waals surface area (Å²) < 4.78 is 41.2. The topological polar surface area (TPSA) is 59.8 Å². The first-order valence-electron chi connectivity index (χ1n) is 11.0. The van der Waals surface area contributed by atoms with Gasteiger partial charge in [0.05, 0.1) is 17.4 Å². The van der Waals surface area contributed by atoms with Crippen LogP contribution in [0.25, 0.3) is 0 Å². The van der Waals surface area contributed by atoms with Crippen molar-refractivity contribution in [2.45, 2.75) is 87.0 Å². The van der Waals surface area contributed by atoms with Gasteiger partial charge in [-0.15, -0.1) is 10.2 Å². The van der Waals surface area contributed by atoms with E-state index in [4.69, 9.17) is 0 Å². The fraction of sp³-hybridized carbons (Fsp3) is 0.591. The van der Waals surface area contributed by atoms with Crippen LogP contribution in [-0.4, -0.2) is 25.8 Å². The molecule has 0 saturated heterocycles. The first-order valence-corrected chi connectivity index (χ1v) is 11.8. The zero-order valence-corrected chi connectivity index (χ0v) is 18.1. The second-order valence-corrected chi connectivity index (χ2v) is 9.48. The number of hydrogen-bond donors (Lipinski definition) is 1. The van der Waals surface area contributed by atoms with Gasteiger partial charge in [0.2, 0.25) is 0 Å². The molecule has 1 atom stereocenters. The summed E-state index contributed by atoms with van der Waals surface area (Å²) >= 11 is 1.50. The predicted octanol–water partition coefficient (Wildman–Crippen LogP) is 6.02. The highest BCUT2D eigenvalue weighted by Gasteiger charge is 2.31. The van der Waals surface area contributed by atoms with Gasteiger partial charge in [0.15, 0.2) is 11.0 Å². The van der Waals surface area contributed by atoms with Gasteiger partial charge in [0.25, 0.3) is 0 Å². The summed E-state index contributed by atoms with van der Waals surface area (Å²) in [6, 6.07) is 5.45. The quantitative estimate of drug-likeness (QED) is 0.581. The van der Waals surface area contributed by atoms with Gasteiger partial charge in [-0.3, -0.25) is 4.79 Å². The third-order valence-electron chi connectivity index (χ3n) is 6.06. The summed E-state index contributed by atoms with van der Waals surface area (Å²) in [6.07, 6.45) is 4.64. The van der Waals surface area contributed by atoms with E-state index in [-0.39, 0.29) is 23.6 Å². The molecule has 1 aromatic carbocycles. The Balaban J connectivity index is 1.54. The molecule has 168 valence electrons. The van der Waals surface area contributed by atoms with Crippen molar-refractivity contribution < 1.29 is 18.0 Å². The van der Waals surface area contributed by atoms with E-state index in [1.807, 2.05) is 0 Å². The first-order chi connectivity index (χ1) is 14.9. The van der Waals surface area contributed by atoms with Crippen molar-refractivity contribution in [3.8, 4) is 0 Å². The fourth-order valence-electron chi connectivity index (χ4n) is 4.40. The lowest BCUT2D eigenvalue weighted by atomic mass is 9.95. The Morgan fingerprint density at radius 2 is 1.84 bits per heavy atom. The molecular formula is C22H27F3N4OS. The highest BCUT2D eigenvalue weighted by molar-refractivity contribution is 8.00. The second kappa shape index (κ2) is 9.63. The zero-order chi connectivity index (χ0) is 21.8. The number of Topliss-reactive ketones (excluding diaryl/α,β-unsaturated/α-hetero) is 1. The fourth-order valence-corrected chi connectivity index (χ4v) is 5.65. The first kappa shape index (κ1) is 22.2. The van der Waals surface area contributed by atoms with Crippen LogP contribution in [0.4, 0.5) is 18.9 Å². The maximum absolute atomic E-state index is 13.0. The van der Waals surface area contributed by atoms with Crippen LogP contribution in [-0.2, 0) is 17.5 Å². The van der Waals surface area contributed by atoms with Crippen LogP contribution in [0.3, 0.4) is 0 Å². The lowest BCUT2D eigenvalue weighted by Gasteiger charge is -2.27. The number of aromatic nitrogens is 3. The SMILES string of the molecule is O=C1CCCCC1Sc1nnc(CNc2cccc(C(F)(F)F)c2)n1C1CCCCC1. The van der Waals surface area contributed by atoms with Crippen LogP contribution in [0.2, 0.25) is 0 Å². The molecule has 0 amide bonds. The Labute approximate surface area is 184 Å². The van der Waals surface area contributed by atoms with Crippen LogP contribution in [0.1, 0.15) is 75.2 Å². The van der Waals surface area contributed by atoms with Crippen molar-refractivity contribution in [2.24, 2.45) is 0 Å². The van der Waals surface area contributed by atoms with Crippen molar-refractivity contribution in [1.29, 1.82) is 0 Å². The number of thioether (sulfide) groups is 1. The maximum Gasteiger partial charge on any atom is 0.416 e. The minimum Gasteiger partial charge on any atom is -0.378 e. The molecule has 1 N–H and O–H groups in total. The van der Waals surface area contributed by atoms with Crippen LogP contribution in [0.15, 0.2) is 29.4 Å². The summed E-state index contributed by atoms with van der Waals surface area (Å²) in [6.45, 7) is 0.282. The van der Waals surface area contributed by atoms with Crippen molar-refractivity contribution in [3.63, 3.8) is 0 Å². The number of nitrogens with one attached hydrogen (secondary N) is 1. The molecule has 0 aliphatic heterocycles. The summed E-state index contributed by atoms with van der Waals surface area (Å²) in [5, 5.41) is 12.5. The summed E-state index contributed by atoms with van der Waals surface area (Å²) in [5.41, 5.74) is -0.289. The third kappa shape index (κ3) is 5.42. The van der Waals surface area contributed by atoms with Gasteiger partial charge in [0.1, 0.15) is 5.78 Å². The molecule has 2 saturated carbocycles. The molecule has 31 heavy (non-hydrogen) atoms. The van der Waals surface area contributed by atoms with Crippen LogP contribution in [0.5, 0.6) is 0 Å². The average Bonchev–Trinajstić information content (AvgIpc) is 3.16. The summed E-state index contributed by atoms with van der Waals surface area (Å²) in [7, 11) is 0. The Hall–Kier alpha value is -2.03. The van der Waals surface area contributed by atoms with Gasteiger partial charge in [-0.1, -0.05) is 43.5 Å². The lowest BCUT2D eigenvalue weighted by Crippen LogP contribution is -2.23. The molecule has 1 unspecified atom stereocenters. The lowest BCUT2D eigenvalue weighted by molar-refractivity contribution is -0.137. The largest absolute Gasteiger partial charge is 0.416 e. The van der Waals surface area contributed by atoms with E-state index in [1.165, 1.54) is 24.2 Å². The molecule has 0 bridgehead atoms. The molecule has 0 spiro atoms. The molecule has 0 radical (unpaired) electrons.